The van der Waals surface area contributed by atoms with Crippen LogP contribution >= 0.6 is 0 Å². The Morgan fingerprint density at radius 1 is 1.00 bits per heavy atom. The Morgan fingerprint density at radius 3 is 1.00 bits per heavy atom. The van der Waals surface area contributed by atoms with Gasteiger partial charge >= 0.3 is 0 Å². The van der Waals surface area contributed by atoms with Crippen molar-refractivity contribution in [3.63, 3.8) is 0 Å². The van der Waals surface area contributed by atoms with E-state index in [0.29, 0.717) is 0 Å². The van der Waals surface area contributed by atoms with Crippen LogP contribution in [0.3, 0.4) is 0 Å². The van der Waals surface area contributed by atoms with Gasteiger partial charge in [-0.05, 0) is 21.1 Å². The second-order valence-corrected chi connectivity index (χ2v) is 1.34. The van der Waals surface area contributed by atoms with Gasteiger partial charge in [-0.3, -0.25) is 0 Å². The minimum Gasteiger partial charge on any atom is -0.312 e. The smallest absolute Gasteiger partial charge is 0 e. The van der Waals surface area contributed by atoms with E-state index in [-0.39, 0.29) is 25.8 Å². The first-order valence-corrected chi connectivity index (χ1v) is 2.05. The SMILES string of the molecule is CN(C)C.[CH2]C.[Hf]. The van der Waals surface area contributed by atoms with E-state index in [1.165, 1.54) is 0 Å². The van der Waals surface area contributed by atoms with E-state index in [2.05, 4.69) is 6.92 Å². The minimum atomic E-state index is 0. The summed E-state index contributed by atoms with van der Waals surface area (Å²) in [5.41, 5.74) is 0. The summed E-state index contributed by atoms with van der Waals surface area (Å²) in [5, 5.41) is 0. The fourth-order valence-corrected chi connectivity index (χ4v) is 0. The first-order valence-electron chi connectivity index (χ1n) is 2.05. The number of hydrogen-bond acceptors (Lipinski definition) is 1. The van der Waals surface area contributed by atoms with E-state index >= 15 is 0 Å². The summed E-state index contributed by atoms with van der Waals surface area (Å²) >= 11 is 0. The summed E-state index contributed by atoms with van der Waals surface area (Å²) in [6.07, 6.45) is 0. The van der Waals surface area contributed by atoms with Crippen LogP contribution in [0.5, 0.6) is 0 Å². The van der Waals surface area contributed by atoms with Crippen LogP contribution in [0.15, 0.2) is 0 Å². The van der Waals surface area contributed by atoms with Crippen molar-refractivity contribution in [1.82, 2.24) is 4.90 Å². The second-order valence-electron chi connectivity index (χ2n) is 1.34. The third-order valence-electron chi connectivity index (χ3n) is 0. The van der Waals surface area contributed by atoms with Crippen molar-refractivity contribution in [2.75, 3.05) is 21.1 Å². The molecule has 0 saturated carbocycles. The van der Waals surface area contributed by atoms with Gasteiger partial charge in [-0.2, -0.15) is 0 Å². The van der Waals surface area contributed by atoms with Crippen LogP contribution in [0, 0.1) is 6.92 Å². The summed E-state index contributed by atoms with van der Waals surface area (Å²) in [6.45, 7) is 5.00. The van der Waals surface area contributed by atoms with Gasteiger partial charge in [-0.15, -0.1) is 0 Å². The van der Waals surface area contributed by atoms with Gasteiger partial charge in [0, 0.05) is 25.8 Å². The number of hydrogen-bond donors (Lipinski definition) is 0. The van der Waals surface area contributed by atoms with Crippen LogP contribution in [0.1, 0.15) is 6.92 Å². The molecule has 43 valence electrons. The molecule has 0 unspecified atom stereocenters. The predicted octanol–water partition coefficient (Wildman–Crippen LogP) is 1.02. The first kappa shape index (κ1) is 15.7. The maximum atomic E-state index is 3.25. The Labute approximate surface area is 65.9 Å². The molecule has 1 nitrogen and oxygen atoms in total. The summed E-state index contributed by atoms with van der Waals surface area (Å²) < 4.78 is 0. The molecule has 0 aromatic heterocycles. The topological polar surface area (TPSA) is 3.24 Å². The quantitative estimate of drug-likeness (QED) is 0.592. The van der Waals surface area contributed by atoms with Gasteiger partial charge in [-0.25, -0.2) is 0 Å². The number of rotatable bonds is 0. The molecule has 0 N–H and O–H groups in total. The van der Waals surface area contributed by atoms with E-state index in [1.807, 2.05) is 26.0 Å². The molecule has 0 atom stereocenters. The molecule has 0 aromatic carbocycles. The Morgan fingerprint density at radius 2 is 1.00 bits per heavy atom. The van der Waals surface area contributed by atoms with Crippen LogP contribution in [-0.4, -0.2) is 26.0 Å². The van der Waals surface area contributed by atoms with Crippen LogP contribution in [-0.2, 0) is 25.8 Å². The van der Waals surface area contributed by atoms with Crippen LogP contribution in [0.2, 0.25) is 0 Å². The van der Waals surface area contributed by atoms with Gasteiger partial charge in [0.25, 0.3) is 0 Å². The molecule has 0 aliphatic heterocycles. The van der Waals surface area contributed by atoms with Crippen molar-refractivity contribution in [2.45, 2.75) is 6.92 Å². The van der Waals surface area contributed by atoms with E-state index in [4.69, 9.17) is 0 Å². The molecule has 0 bridgehead atoms. The Balaban J connectivity index is -0.0000000480. The van der Waals surface area contributed by atoms with E-state index < -0.39 is 0 Å². The zero-order chi connectivity index (χ0) is 5.58. The first-order chi connectivity index (χ1) is 2.73. The van der Waals surface area contributed by atoms with Crippen LogP contribution < -0.4 is 0 Å². The standard InChI is InChI=1S/C3H9N.C2H5.Hf/c1-4(2)3;1-2;/h1-3H3;1H2,2H3;. The zero-order valence-corrected chi connectivity index (χ0v) is 9.25. The van der Waals surface area contributed by atoms with Crippen molar-refractivity contribution in [2.24, 2.45) is 0 Å². The third kappa shape index (κ3) is 231. The molecule has 0 saturated heterocycles. The van der Waals surface area contributed by atoms with E-state index in [0.717, 1.165) is 0 Å². The van der Waals surface area contributed by atoms with Crippen LogP contribution in [0.4, 0.5) is 0 Å². The number of nitrogens with zero attached hydrogens (tertiary/aromatic N) is 1. The fourth-order valence-electron chi connectivity index (χ4n) is 0. The average molecular weight is 267 g/mol. The zero-order valence-electron chi connectivity index (χ0n) is 5.65. The van der Waals surface area contributed by atoms with Gasteiger partial charge in [-0.1, -0.05) is 13.8 Å². The average Bonchev–Trinajstić information content (AvgIpc) is 1.41. The van der Waals surface area contributed by atoms with E-state index in [9.17, 15) is 0 Å². The van der Waals surface area contributed by atoms with Gasteiger partial charge in [0.2, 0.25) is 0 Å². The normalized spacial score (nSPS) is 6.00. The Hall–Kier alpha value is 0.830. The van der Waals surface area contributed by atoms with Gasteiger partial charge in [0.15, 0.2) is 0 Å². The molecule has 2 heteroatoms. The Bertz CT molecular complexity index is 12.8. The van der Waals surface area contributed by atoms with Gasteiger partial charge < -0.3 is 4.90 Å². The molecule has 0 fully saturated rings. The molecule has 0 amide bonds. The molecule has 0 spiro atoms. The van der Waals surface area contributed by atoms with Crippen molar-refractivity contribution < 1.29 is 25.8 Å². The minimum absolute atomic E-state index is 0. The summed E-state index contributed by atoms with van der Waals surface area (Å²) in [7, 11) is 6.00. The molecular weight excluding hydrogens is 253 g/mol. The van der Waals surface area contributed by atoms with Crippen molar-refractivity contribution in [3.05, 3.63) is 6.92 Å². The van der Waals surface area contributed by atoms with Gasteiger partial charge in [0.1, 0.15) is 0 Å². The van der Waals surface area contributed by atoms with Gasteiger partial charge in [0.05, 0.1) is 0 Å². The van der Waals surface area contributed by atoms with Crippen molar-refractivity contribution in [3.8, 4) is 0 Å². The van der Waals surface area contributed by atoms with Crippen LogP contribution in [0.25, 0.3) is 0 Å². The molecule has 0 aliphatic carbocycles. The maximum Gasteiger partial charge on any atom is 0 e. The second kappa shape index (κ2) is 15.8. The molecule has 0 rings (SSSR count). The predicted molar refractivity (Wildman–Crippen MR) is 30.6 cm³/mol. The molecule has 0 heterocycles. The molecule has 1 radical (unpaired) electrons. The maximum absolute atomic E-state index is 3.25. The largest absolute Gasteiger partial charge is 0.312 e. The third-order valence-corrected chi connectivity index (χ3v) is 0. The van der Waals surface area contributed by atoms with Crippen molar-refractivity contribution in [1.29, 1.82) is 0 Å². The van der Waals surface area contributed by atoms with Crippen molar-refractivity contribution >= 4 is 0 Å². The Kier molecular flexibility index (Phi) is 35.4. The summed E-state index contributed by atoms with van der Waals surface area (Å²) in [5.74, 6) is 0. The molecular formula is C5H14HfN. The molecule has 0 aliphatic rings. The van der Waals surface area contributed by atoms with E-state index in [1.54, 1.807) is 6.92 Å². The fraction of sp³-hybridized carbons (Fsp3) is 0.800. The summed E-state index contributed by atoms with van der Waals surface area (Å²) in [6, 6.07) is 0. The summed E-state index contributed by atoms with van der Waals surface area (Å²) in [4.78, 5) is 2.00. The monoisotopic (exact) mass is 268 g/mol. The molecule has 0 aromatic rings. The molecule has 7 heavy (non-hydrogen) atoms.